The first-order chi connectivity index (χ1) is 9.18. The van der Waals surface area contributed by atoms with Crippen molar-refractivity contribution < 1.29 is 4.79 Å². The van der Waals surface area contributed by atoms with Gasteiger partial charge in [-0.25, -0.2) is 0 Å². The van der Waals surface area contributed by atoms with Crippen LogP contribution >= 0.6 is 0 Å². The summed E-state index contributed by atoms with van der Waals surface area (Å²) < 4.78 is 0. The maximum Gasteiger partial charge on any atom is 0.252 e. The average Bonchev–Trinajstić information content (AvgIpc) is 2.85. The standard InChI is InChI=1S/C14H20N4O/c1-18(2)9-4-3-8-15-14(19)11-6-5-7-13-12(11)10-16-17-13/h5-7,10H,3-4,8-9H2,1-2H3,(H,15,19)(H,16,17). The summed E-state index contributed by atoms with van der Waals surface area (Å²) in [6.07, 6.45) is 3.77. The van der Waals surface area contributed by atoms with Gasteiger partial charge in [0.1, 0.15) is 0 Å². The lowest BCUT2D eigenvalue weighted by atomic mass is 10.1. The minimum atomic E-state index is -0.0307. The molecule has 1 heterocycles. The van der Waals surface area contributed by atoms with Crippen LogP contribution in [0.1, 0.15) is 23.2 Å². The van der Waals surface area contributed by atoms with Crippen molar-refractivity contribution in [2.24, 2.45) is 0 Å². The number of amides is 1. The summed E-state index contributed by atoms with van der Waals surface area (Å²) >= 11 is 0. The molecular weight excluding hydrogens is 240 g/mol. The van der Waals surface area contributed by atoms with Crippen LogP contribution in [0.5, 0.6) is 0 Å². The Morgan fingerprint density at radius 3 is 3.00 bits per heavy atom. The van der Waals surface area contributed by atoms with Gasteiger partial charge < -0.3 is 10.2 Å². The van der Waals surface area contributed by atoms with Gasteiger partial charge in [-0.2, -0.15) is 5.10 Å². The number of hydrogen-bond acceptors (Lipinski definition) is 3. The van der Waals surface area contributed by atoms with Gasteiger partial charge in [-0.3, -0.25) is 9.89 Å². The molecule has 1 amide bonds. The summed E-state index contributed by atoms with van der Waals surface area (Å²) in [5.74, 6) is -0.0307. The molecule has 5 nitrogen and oxygen atoms in total. The molecule has 0 atom stereocenters. The highest BCUT2D eigenvalue weighted by Crippen LogP contribution is 2.15. The molecule has 0 radical (unpaired) electrons. The van der Waals surface area contributed by atoms with E-state index in [9.17, 15) is 4.79 Å². The molecule has 1 aromatic heterocycles. The second kappa shape index (κ2) is 6.33. The Morgan fingerprint density at radius 2 is 2.21 bits per heavy atom. The van der Waals surface area contributed by atoms with Crippen molar-refractivity contribution >= 4 is 16.8 Å². The molecule has 0 saturated heterocycles. The molecule has 0 aliphatic carbocycles. The molecule has 0 unspecified atom stereocenters. The predicted molar refractivity (Wildman–Crippen MR) is 76.2 cm³/mol. The number of nitrogens with zero attached hydrogens (tertiary/aromatic N) is 2. The van der Waals surface area contributed by atoms with Gasteiger partial charge >= 0.3 is 0 Å². The minimum absolute atomic E-state index is 0.0307. The number of fused-ring (bicyclic) bond motifs is 1. The Morgan fingerprint density at radius 1 is 1.37 bits per heavy atom. The zero-order valence-electron chi connectivity index (χ0n) is 11.4. The van der Waals surface area contributed by atoms with E-state index in [2.05, 4.69) is 34.5 Å². The first kappa shape index (κ1) is 13.5. The van der Waals surface area contributed by atoms with Crippen LogP contribution in [0.25, 0.3) is 10.9 Å². The maximum absolute atomic E-state index is 12.1. The summed E-state index contributed by atoms with van der Waals surface area (Å²) in [7, 11) is 4.11. The van der Waals surface area contributed by atoms with E-state index in [1.165, 1.54) is 0 Å². The average molecular weight is 260 g/mol. The number of carbonyl (C=O) groups excluding carboxylic acids is 1. The minimum Gasteiger partial charge on any atom is -0.352 e. The normalized spacial score (nSPS) is 11.1. The van der Waals surface area contributed by atoms with Crippen LogP contribution in [0.3, 0.4) is 0 Å². The molecule has 0 spiro atoms. The second-order valence-corrected chi connectivity index (χ2v) is 4.90. The molecule has 0 saturated carbocycles. The van der Waals surface area contributed by atoms with Crippen molar-refractivity contribution in [3.8, 4) is 0 Å². The number of unbranched alkanes of at least 4 members (excludes halogenated alkanes) is 1. The lowest BCUT2D eigenvalue weighted by Crippen LogP contribution is -2.25. The lowest BCUT2D eigenvalue weighted by Gasteiger charge is -2.09. The smallest absolute Gasteiger partial charge is 0.252 e. The third kappa shape index (κ3) is 3.54. The third-order valence-corrected chi connectivity index (χ3v) is 3.05. The van der Waals surface area contributed by atoms with Crippen molar-refractivity contribution in [1.82, 2.24) is 20.4 Å². The lowest BCUT2D eigenvalue weighted by molar-refractivity contribution is 0.0954. The van der Waals surface area contributed by atoms with Gasteiger partial charge in [0.05, 0.1) is 17.3 Å². The van der Waals surface area contributed by atoms with E-state index < -0.39 is 0 Å². The van der Waals surface area contributed by atoms with Gasteiger partial charge in [0.25, 0.3) is 5.91 Å². The van der Waals surface area contributed by atoms with E-state index in [1.54, 1.807) is 6.20 Å². The first-order valence-electron chi connectivity index (χ1n) is 6.53. The number of benzene rings is 1. The summed E-state index contributed by atoms with van der Waals surface area (Å²) in [4.78, 5) is 14.2. The monoisotopic (exact) mass is 260 g/mol. The van der Waals surface area contributed by atoms with E-state index in [0.717, 1.165) is 30.3 Å². The number of nitrogens with one attached hydrogen (secondary N) is 2. The SMILES string of the molecule is CN(C)CCCCNC(=O)c1cccc2[nH]ncc12. The first-order valence-corrected chi connectivity index (χ1v) is 6.53. The molecule has 2 aromatic rings. The number of carbonyl (C=O) groups is 1. The Labute approximate surface area is 113 Å². The van der Waals surface area contributed by atoms with Gasteiger partial charge in [0.15, 0.2) is 0 Å². The van der Waals surface area contributed by atoms with Crippen LogP contribution < -0.4 is 5.32 Å². The molecule has 0 bridgehead atoms. The largest absolute Gasteiger partial charge is 0.352 e. The summed E-state index contributed by atoms with van der Waals surface area (Å²) in [6.45, 7) is 1.76. The Balaban J connectivity index is 1.88. The van der Waals surface area contributed by atoms with Gasteiger partial charge in [0.2, 0.25) is 0 Å². The predicted octanol–water partition coefficient (Wildman–Crippen LogP) is 1.63. The highest BCUT2D eigenvalue weighted by Gasteiger charge is 2.09. The number of hydrogen-bond donors (Lipinski definition) is 2. The molecule has 0 aliphatic rings. The van der Waals surface area contributed by atoms with E-state index in [-0.39, 0.29) is 5.91 Å². The summed E-state index contributed by atoms with van der Waals surface area (Å²) in [5.41, 5.74) is 1.57. The molecular formula is C14H20N4O. The Hall–Kier alpha value is -1.88. The van der Waals surface area contributed by atoms with Crippen molar-refractivity contribution in [1.29, 1.82) is 0 Å². The fraction of sp³-hybridized carbons (Fsp3) is 0.429. The van der Waals surface area contributed by atoms with Crippen LogP contribution in [0.2, 0.25) is 0 Å². The third-order valence-electron chi connectivity index (χ3n) is 3.05. The quantitative estimate of drug-likeness (QED) is 0.776. The maximum atomic E-state index is 12.1. The van der Waals surface area contributed by atoms with Crippen LogP contribution in [0.15, 0.2) is 24.4 Å². The number of rotatable bonds is 6. The highest BCUT2D eigenvalue weighted by molar-refractivity contribution is 6.05. The van der Waals surface area contributed by atoms with Gasteiger partial charge in [-0.1, -0.05) is 6.07 Å². The van der Waals surface area contributed by atoms with Crippen molar-refractivity contribution in [2.45, 2.75) is 12.8 Å². The molecule has 2 N–H and O–H groups in total. The van der Waals surface area contributed by atoms with Crippen molar-refractivity contribution in [2.75, 3.05) is 27.2 Å². The fourth-order valence-electron chi connectivity index (χ4n) is 2.02. The number of aromatic amines is 1. The van der Waals surface area contributed by atoms with E-state index in [0.29, 0.717) is 12.1 Å². The van der Waals surface area contributed by atoms with Crippen molar-refractivity contribution in [3.05, 3.63) is 30.0 Å². The molecule has 1 aromatic carbocycles. The molecule has 19 heavy (non-hydrogen) atoms. The van der Waals surface area contributed by atoms with E-state index in [1.807, 2.05) is 18.2 Å². The van der Waals surface area contributed by atoms with Gasteiger partial charge in [-0.05, 0) is 45.6 Å². The van der Waals surface area contributed by atoms with Gasteiger partial charge in [0, 0.05) is 11.9 Å². The van der Waals surface area contributed by atoms with E-state index >= 15 is 0 Å². The fourth-order valence-corrected chi connectivity index (χ4v) is 2.02. The number of aromatic nitrogens is 2. The molecule has 0 fully saturated rings. The van der Waals surface area contributed by atoms with Crippen LogP contribution in [0, 0.1) is 0 Å². The highest BCUT2D eigenvalue weighted by atomic mass is 16.1. The van der Waals surface area contributed by atoms with Crippen molar-refractivity contribution in [3.63, 3.8) is 0 Å². The topological polar surface area (TPSA) is 61.0 Å². The van der Waals surface area contributed by atoms with Crippen LogP contribution in [-0.4, -0.2) is 48.2 Å². The Bertz CT molecular complexity index is 547. The van der Waals surface area contributed by atoms with Crippen LogP contribution in [0.4, 0.5) is 0 Å². The molecule has 5 heteroatoms. The molecule has 2 rings (SSSR count). The Kier molecular flexibility index (Phi) is 4.52. The molecule has 0 aliphatic heterocycles. The van der Waals surface area contributed by atoms with Crippen LogP contribution in [-0.2, 0) is 0 Å². The summed E-state index contributed by atoms with van der Waals surface area (Å²) in [5, 5.41) is 10.7. The molecule has 102 valence electrons. The summed E-state index contributed by atoms with van der Waals surface area (Å²) in [6, 6.07) is 5.60. The second-order valence-electron chi connectivity index (χ2n) is 4.90. The van der Waals surface area contributed by atoms with E-state index in [4.69, 9.17) is 0 Å². The zero-order valence-corrected chi connectivity index (χ0v) is 11.4. The number of H-pyrrole nitrogens is 1. The zero-order chi connectivity index (χ0) is 13.7. The van der Waals surface area contributed by atoms with Gasteiger partial charge in [-0.15, -0.1) is 0 Å².